The lowest BCUT2D eigenvalue weighted by Gasteiger charge is -2.16. The van der Waals surface area contributed by atoms with Crippen LogP contribution >= 0.6 is 0 Å². The van der Waals surface area contributed by atoms with Crippen molar-refractivity contribution in [3.05, 3.63) is 78.4 Å². The Morgan fingerprint density at radius 3 is 2.71 bits per heavy atom. The zero-order chi connectivity index (χ0) is 24.2. The van der Waals surface area contributed by atoms with Gasteiger partial charge in [-0.2, -0.15) is 5.10 Å². The molecule has 0 amide bonds. The molecule has 2 aromatic carbocycles. The molecular weight excluding hydrogens is 452 g/mol. The van der Waals surface area contributed by atoms with Gasteiger partial charge in [0.1, 0.15) is 37.0 Å². The Hall–Kier alpha value is -3.90. The van der Waals surface area contributed by atoms with E-state index in [4.69, 9.17) is 9.47 Å². The number of aliphatic hydroxyl groups is 3. The highest BCUT2D eigenvalue weighted by atomic mass is 16.6. The predicted octanol–water partition coefficient (Wildman–Crippen LogP) is 1.46. The Morgan fingerprint density at radius 1 is 1.06 bits per heavy atom. The molecule has 4 N–H and O–H groups in total. The summed E-state index contributed by atoms with van der Waals surface area (Å²) in [5.41, 5.74) is 5.56. The fourth-order valence-electron chi connectivity index (χ4n) is 3.82. The number of aromatic nitrogens is 4. The number of anilines is 1. The molecule has 2 aromatic heterocycles. The summed E-state index contributed by atoms with van der Waals surface area (Å²) in [6, 6.07) is 17.5. The first kappa shape index (κ1) is 22.9. The summed E-state index contributed by atoms with van der Waals surface area (Å²) < 4.78 is 12.9. The second kappa shape index (κ2) is 10.2. The van der Waals surface area contributed by atoms with E-state index in [1.807, 2.05) is 54.6 Å². The molecule has 180 valence electrons. The van der Waals surface area contributed by atoms with E-state index in [2.05, 4.69) is 25.5 Å². The number of fused-ring (bicyclic) bond motifs is 1. The maximum Gasteiger partial charge on any atom is 0.177 e. The van der Waals surface area contributed by atoms with Crippen molar-refractivity contribution in [3.63, 3.8) is 0 Å². The average molecular weight is 476 g/mol. The first-order valence-electron chi connectivity index (χ1n) is 11.0. The smallest absolute Gasteiger partial charge is 0.177 e. The predicted molar refractivity (Wildman–Crippen MR) is 127 cm³/mol. The van der Waals surface area contributed by atoms with Crippen LogP contribution in [-0.2, 0) is 11.3 Å². The summed E-state index contributed by atoms with van der Waals surface area (Å²) in [6.45, 7) is 0.0487. The second-order valence-corrected chi connectivity index (χ2v) is 7.99. The lowest BCUT2D eigenvalue weighted by molar-refractivity contribution is -0.0511. The maximum absolute atomic E-state index is 10.3. The number of hydrogen-bond acceptors (Lipinski definition) is 10. The highest BCUT2D eigenvalue weighted by Crippen LogP contribution is 2.32. The van der Waals surface area contributed by atoms with E-state index < -0.39 is 31.1 Å². The minimum Gasteiger partial charge on any atom is -0.489 e. The van der Waals surface area contributed by atoms with Gasteiger partial charge in [-0.1, -0.05) is 42.5 Å². The van der Waals surface area contributed by atoms with Crippen LogP contribution in [0, 0.1) is 0 Å². The number of hydrazone groups is 1. The van der Waals surface area contributed by atoms with E-state index in [9.17, 15) is 15.3 Å². The van der Waals surface area contributed by atoms with Crippen molar-refractivity contribution in [3.8, 4) is 5.75 Å². The van der Waals surface area contributed by atoms with E-state index in [1.54, 1.807) is 6.21 Å². The first-order valence-corrected chi connectivity index (χ1v) is 11.0. The molecule has 4 atom stereocenters. The Kier molecular flexibility index (Phi) is 6.64. The Bertz CT molecular complexity index is 1310. The van der Waals surface area contributed by atoms with Gasteiger partial charge in [-0.05, 0) is 23.3 Å². The van der Waals surface area contributed by atoms with Crippen molar-refractivity contribution in [2.45, 2.75) is 31.1 Å². The molecule has 1 aliphatic rings. The fourth-order valence-corrected chi connectivity index (χ4v) is 3.82. The van der Waals surface area contributed by atoms with Gasteiger partial charge in [0.25, 0.3) is 0 Å². The zero-order valence-electron chi connectivity index (χ0n) is 18.5. The van der Waals surface area contributed by atoms with Crippen LogP contribution in [0.3, 0.4) is 0 Å². The van der Waals surface area contributed by atoms with Gasteiger partial charge in [-0.25, -0.2) is 15.0 Å². The van der Waals surface area contributed by atoms with Gasteiger partial charge in [-0.3, -0.25) is 9.99 Å². The van der Waals surface area contributed by atoms with Crippen molar-refractivity contribution in [2.24, 2.45) is 5.10 Å². The number of rotatable bonds is 8. The highest BCUT2D eigenvalue weighted by molar-refractivity contribution is 5.85. The molecule has 1 saturated heterocycles. The summed E-state index contributed by atoms with van der Waals surface area (Å²) >= 11 is 0. The van der Waals surface area contributed by atoms with Gasteiger partial charge in [-0.15, -0.1) is 0 Å². The molecular formula is C24H24N6O5. The van der Waals surface area contributed by atoms with Crippen LogP contribution in [-0.4, -0.2) is 66.0 Å². The van der Waals surface area contributed by atoms with Crippen LogP contribution < -0.4 is 10.2 Å². The van der Waals surface area contributed by atoms with Crippen LogP contribution in [0.2, 0.25) is 0 Å². The first-order chi connectivity index (χ1) is 17.1. The minimum absolute atomic E-state index is 0.355. The molecule has 4 aromatic rings. The SMILES string of the molecule is OC[C@H]1O[C@@H](n2cnc3c(NN=Cc4cccc(OCc5ccccc5)c4)ncnc32)[C@H](O)[C@@H]1O. The Morgan fingerprint density at radius 2 is 1.91 bits per heavy atom. The third kappa shape index (κ3) is 4.84. The number of aliphatic hydroxyl groups excluding tert-OH is 3. The van der Waals surface area contributed by atoms with Gasteiger partial charge in [0.05, 0.1) is 19.1 Å². The highest BCUT2D eigenvalue weighted by Gasteiger charge is 2.44. The average Bonchev–Trinajstić information content (AvgIpc) is 3.45. The van der Waals surface area contributed by atoms with Crippen LogP contribution in [0.15, 0.2) is 72.4 Å². The number of ether oxygens (including phenoxy) is 2. The third-order valence-electron chi connectivity index (χ3n) is 5.64. The molecule has 1 fully saturated rings. The van der Waals surface area contributed by atoms with Gasteiger partial charge in [0.2, 0.25) is 0 Å². The molecule has 35 heavy (non-hydrogen) atoms. The van der Waals surface area contributed by atoms with Crippen molar-refractivity contribution < 1.29 is 24.8 Å². The van der Waals surface area contributed by atoms with Crippen molar-refractivity contribution in [2.75, 3.05) is 12.0 Å². The quantitative estimate of drug-likeness (QED) is 0.219. The normalized spacial score (nSPS) is 22.1. The molecule has 0 radical (unpaired) electrons. The number of imidazole rings is 1. The summed E-state index contributed by atoms with van der Waals surface area (Å²) in [6.07, 6.45) is 0.0804. The monoisotopic (exact) mass is 476 g/mol. The molecule has 0 unspecified atom stereocenters. The molecule has 0 spiro atoms. The lowest BCUT2D eigenvalue weighted by atomic mass is 10.1. The number of benzene rings is 2. The molecule has 1 aliphatic heterocycles. The molecule has 11 heteroatoms. The van der Waals surface area contributed by atoms with Crippen molar-refractivity contribution in [1.29, 1.82) is 0 Å². The van der Waals surface area contributed by atoms with E-state index in [0.717, 1.165) is 16.9 Å². The zero-order valence-corrected chi connectivity index (χ0v) is 18.5. The minimum atomic E-state index is -1.25. The van der Waals surface area contributed by atoms with Crippen LogP contribution in [0.25, 0.3) is 11.2 Å². The molecule has 5 rings (SSSR count). The maximum atomic E-state index is 10.3. The van der Waals surface area contributed by atoms with E-state index >= 15 is 0 Å². The van der Waals surface area contributed by atoms with Gasteiger partial charge < -0.3 is 24.8 Å². The lowest BCUT2D eigenvalue weighted by Crippen LogP contribution is -2.33. The summed E-state index contributed by atoms with van der Waals surface area (Å²) in [4.78, 5) is 12.7. The molecule has 0 bridgehead atoms. The summed E-state index contributed by atoms with van der Waals surface area (Å²) in [5.74, 6) is 1.08. The van der Waals surface area contributed by atoms with Crippen LogP contribution in [0.4, 0.5) is 5.82 Å². The van der Waals surface area contributed by atoms with E-state index in [0.29, 0.717) is 23.6 Å². The van der Waals surface area contributed by atoms with Gasteiger partial charge in [0, 0.05) is 0 Å². The molecule has 0 aliphatic carbocycles. The third-order valence-corrected chi connectivity index (χ3v) is 5.64. The molecule has 11 nitrogen and oxygen atoms in total. The standard InChI is InChI=1S/C24H24N6O5/c31-11-18-20(32)21(33)24(35-18)30-14-27-19-22(25-13-26-23(19)30)29-28-10-16-7-4-8-17(9-16)34-12-15-5-2-1-3-6-15/h1-10,13-14,18,20-21,24,31-33H,11-12H2,(H,25,26,29)/t18-,20-,21-,24-/m1/s1. The van der Waals surface area contributed by atoms with Crippen molar-refractivity contribution in [1.82, 2.24) is 19.5 Å². The number of nitrogens with one attached hydrogen (secondary N) is 1. The molecule has 3 heterocycles. The van der Waals surface area contributed by atoms with Gasteiger partial charge in [0.15, 0.2) is 23.2 Å². The van der Waals surface area contributed by atoms with Crippen molar-refractivity contribution >= 4 is 23.2 Å². The van der Waals surface area contributed by atoms with Gasteiger partial charge >= 0.3 is 0 Å². The Balaban J connectivity index is 1.28. The Labute approximate surface area is 200 Å². The number of hydrogen-bond donors (Lipinski definition) is 4. The van der Waals surface area contributed by atoms with Crippen LogP contribution in [0.5, 0.6) is 5.75 Å². The fraction of sp³-hybridized carbons (Fsp3) is 0.250. The topological polar surface area (TPSA) is 147 Å². The second-order valence-electron chi connectivity index (χ2n) is 7.99. The summed E-state index contributed by atoms with van der Waals surface area (Å²) in [7, 11) is 0. The molecule has 0 saturated carbocycles. The number of nitrogens with zero attached hydrogens (tertiary/aromatic N) is 5. The summed E-state index contributed by atoms with van der Waals surface area (Å²) in [5, 5.41) is 34.0. The largest absolute Gasteiger partial charge is 0.489 e. The van der Waals surface area contributed by atoms with E-state index in [-0.39, 0.29) is 0 Å². The van der Waals surface area contributed by atoms with Crippen LogP contribution in [0.1, 0.15) is 17.4 Å². The van der Waals surface area contributed by atoms with E-state index in [1.165, 1.54) is 17.2 Å².